The number of pyridine rings is 1. The zero-order valence-electron chi connectivity index (χ0n) is 17.4. The van der Waals surface area contributed by atoms with Crippen molar-refractivity contribution in [2.45, 2.75) is 25.0 Å². The Bertz CT molecular complexity index is 1430. The molecule has 0 saturated carbocycles. The average Bonchev–Trinajstić information content (AvgIpc) is 3.20. The van der Waals surface area contributed by atoms with Gasteiger partial charge in [0.2, 0.25) is 5.91 Å². The van der Waals surface area contributed by atoms with Gasteiger partial charge in [-0.3, -0.25) is 9.20 Å². The molecule has 1 amide bonds. The zero-order valence-corrected chi connectivity index (χ0v) is 18.2. The largest absolute Gasteiger partial charge is 0.349 e. The van der Waals surface area contributed by atoms with Crippen molar-refractivity contribution < 1.29 is 4.79 Å². The molecule has 2 aromatic heterocycles. The summed E-state index contributed by atoms with van der Waals surface area (Å²) in [7, 11) is 0. The first-order valence-electron chi connectivity index (χ1n) is 10.2. The molecule has 0 radical (unpaired) electrons. The summed E-state index contributed by atoms with van der Waals surface area (Å²) in [6.07, 6.45) is 0. The molecule has 0 aliphatic rings. The van der Waals surface area contributed by atoms with E-state index in [1.54, 1.807) is 0 Å². The number of hydrogen-bond acceptors (Lipinski definition) is 4. The van der Waals surface area contributed by atoms with Crippen molar-refractivity contribution >= 4 is 45.0 Å². The highest BCUT2D eigenvalue weighted by atomic mass is 32.2. The number of rotatable bonds is 5. The van der Waals surface area contributed by atoms with E-state index in [2.05, 4.69) is 64.9 Å². The van der Waals surface area contributed by atoms with Crippen molar-refractivity contribution in [3.8, 4) is 0 Å². The molecule has 31 heavy (non-hydrogen) atoms. The van der Waals surface area contributed by atoms with Crippen LogP contribution in [0.25, 0.3) is 27.3 Å². The lowest BCUT2D eigenvalue weighted by Gasteiger charge is -2.15. The van der Waals surface area contributed by atoms with Gasteiger partial charge in [0.15, 0.2) is 10.8 Å². The van der Waals surface area contributed by atoms with Crippen LogP contribution in [-0.2, 0) is 4.79 Å². The van der Waals surface area contributed by atoms with Crippen LogP contribution in [-0.4, -0.2) is 26.3 Å². The van der Waals surface area contributed by atoms with Gasteiger partial charge in [-0.05, 0) is 53.9 Å². The number of thioether (sulfide) groups is 1. The third kappa shape index (κ3) is 3.75. The van der Waals surface area contributed by atoms with E-state index in [1.807, 2.05) is 41.7 Å². The lowest BCUT2D eigenvalue weighted by atomic mass is 10.0. The highest BCUT2D eigenvalue weighted by Gasteiger charge is 2.15. The molecule has 3 aromatic carbocycles. The third-order valence-electron chi connectivity index (χ3n) is 5.56. The molecule has 1 unspecified atom stereocenters. The number of fused-ring (bicyclic) bond motifs is 4. The third-order valence-corrected chi connectivity index (χ3v) is 6.49. The maximum absolute atomic E-state index is 12.6. The molecular formula is C25H22N4OS. The van der Waals surface area contributed by atoms with E-state index in [0.29, 0.717) is 0 Å². The van der Waals surface area contributed by atoms with Crippen molar-refractivity contribution in [2.75, 3.05) is 5.75 Å². The first kappa shape index (κ1) is 19.6. The number of nitrogens with one attached hydrogen (secondary N) is 1. The van der Waals surface area contributed by atoms with Crippen molar-refractivity contribution in [2.24, 2.45) is 0 Å². The Labute approximate surface area is 184 Å². The summed E-state index contributed by atoms with van der Waals surface area (Å²) < 4.78 is 2.02. The van der Waals surface area contributed by atoms with Gasteiger partial charge < -0.3 is 5.32 Å². The second-order valence-electron chi connectivity index (χ2n) is 7.71. The number of aryl methyl sites for hydroxylation is 1. The first-order valence-corrected chi connectivity index (χ1v) is 11.2. The number of hydrogen-bond donors (Lipinski definition) is 1. The van der Waals surface area contributed by atoms with E-state index in [0.717, 1.165) is 32.8 Å². The topological polar surface area (TPSA) is 59.3 Å². The minimum Gasteiger partial charge on any atom is -0.349 e. The summed E-state index contributed by atoms with van der Waals surface area (Å²) in [5, 5.41) is 16.0. The second-order valence-corrected chi connectivity index (χ2v) is 8.65. The number of aromatic nitrogens is 3. The molecule has 1 atom stereocenters. The average molecular weight is 427 g/mol. The molecule has 154 valence electrons. The minimum atomic E-state index is -0.0728. The van der Waals surface area contributed by atoms with Gasteiger partial charge in [0.1, 0.15) is 0 Å². The first-order chi connectivity index (χ1) is 15.1. The van der Waals surface area contributed by atoms with Crippen LogP contribution in [0.4, 0.5) is 0 Å². The van der Waals surface area contributed by atoms with Gasteiger partial charge in [-0.2, -0.15) is 0 Å². The maximum atomic E-state index is 12.6. The van der Waals surface area contributed by atoms with Crippen molar-refractivity contribution in [3.63, 3.8) is 0 Å². The Morgan fingerprint density at radius 3 is 2.65 bits per heavy atom. The van der Waals surface area contributed by atoms with Crippen LogP contribution < -0.4 is 5.32 Å². The molecule has 0 aliphatic carbocycles. The van der Waals surface area contributed by atoms with Gasteiger partial charge in [0, 0.05) is 5.39 Å². The SMILES string of the molecule is Cc1cc2nnc(SCC(=O)NC(C)c3ccc4ccccc4c3)n2c2ccccc12. The standard InChI is InChI=1S/C25H22N4OS/c1-16-13-23-27-28-25(29(23)22-10-6-5-9-21(16)22)31-15-24(30)26-17(2)19-12-11-18-7-3-4-8-20(18)14-19/h3-14,17H,15H2,1-2H3,(H,26,30). The van der Waals surface area contributed by atoms with E-state index >= 15 is 0 Å². The Kier molecular flexibility index (Phi) is 5.08. The lowest BCUT2D eigenvalue weighted by molar-refractivity contribution is -0.119. The monoisotopic (exact) mass is 426 g/mol. The number of carbonyl (C=O) groups excluding carboxylic acids is 1. The molecule has 5 aromatic rings. The van der Waals surface area contributed by atoms with Crippen LogP contribution >= 0.6 is 11.8 Å². The zero-order chi connectivity index (χ0) is 21.4. The fourth-order valence-corrected chi connectivity index (χ4v) is 4.70. The van der Waals surface area contributed by atoms with Gasteiger partial charge in [-0.15, -0.1) is 10.2 Å². The molecule has 0 saturated heterocycles. The molecule has 6 heteroatoms. The van der Waals surface area contributed by atoms with E-state index in [9.17, 15) is 4.79 Å². The molecule has 2 heterocycles. The van der Waals surface area contributed by atoms with Crippen molar-refractivity contribution in [3.05, 3.63) is 83.9 Å². The van der Waals surface area contributed by atoms with Crippen LogP contribution in [0.1, 0.15) is 24.1 Å². The Balaban J connectivity index is 1.32. The smallest absolute Gasteiger partial charge is 0.230 e. The normalized spacial score (nSPS) is 12.5. The molecule has 0 fully saturated rings. The Morgan fingerprint density at radius 2 is 1.77 bits per heavy atom. The maximum Gasteiger partial charge on any atom is 0.230 e. The molecule has 0 aliphatic heterocycles. The molecule has 5 nitrogen and oxygen atoms in total. The second kappa shape index (κ2) is 8.04. The summed E-state index contributed by atoms with van der Waals surface area (Å²) in [4.78, 5) is 12.6. The van der Waals surface area contributed by atoms with Crippen LogP contribution in [0.15, 0.2) is 78.0 Å². The van der Waals surface area contributed by atoms with Crippen molar-refractivity contribution in [1.82, 2.24) is 19.9 Å². The lowest BCUT2D eigenvalue weighted by Crippen LogP contribution is -2.28. The van der Waals surface area contributed by atoms with Gasteiger partial charge in [0.05, 0.1) is 17.3 Å². The number of benzene rings is 3. The van der Waals surface area contributed by atoms with E-state index in [1.165, 1.54) is 22.5 Å². The summed E-state index contributed by atoms with van der Waals surface area (Å²) >= 11 is 1.40. The molecular weight excluding hydrogens is 404 g/mol. The van der Waals surface area contributed by atoms with Gasteiger partial charge >= 0.3 is 0 Å². The minimum absolute atomic E-state index is 0.0289. The number of amides is 1. The predicted molar refractivity (Wildman–Crippen MR) is 126 cm³/mol. The van der Waals surface area contributed by atoms with E-state index in [4.69, 9.17) is 0 Å². The summed E-state index contributed by atoms with van der Waals surface area (Å²) in [5.74, 6) is 0.250. The van der Waals surface area contributed by atoms with Crippen LogP contribution in [0.2, 0.25) is 0 Å². The number of para-hydroxylation sites is 1. The molecule has 0 spiro atoms. The molecule has 1 N–H and O–H groups in total. The molecule has 0 bridgehead atoms. The van der Waals surface area contributed by atoms with Crippen LogP contribution in [0, 0.1) is 6.92 Å². The van der Waals surface area contributed by atoms with E-state index in [-0.39, 0.29) is 17.7 Å². The highest BCUT2D eigenvalue weighted by Crippen LogP contribution is 2.26. The number of nitrogens with zero attached hydrogens (tertiary/aromatic N) is 3. The van der Waals surface area contributed by atoms with Crippen LogP contribution in [0.3, 0.4) is 0 Å². The summed E-state index contributed by atoms with van der Waals surface area (Å²) in [5.41, 5.74) is 4.10. The van der Waals surface area contributed by atoms with Gasteiger partial charge in [0.25, 0.3) is 0 Å². The summed E-state index contributed by atoms with van der Waals surface area (Å²) in [6, 6.07) is 24.7. The predicted octanol–water partition coefficient (Wildman–Crippen LogP) is 5.31. The summed E-state index contributed by atoms with van der Waals surface area (Å²) in [6.45, 7) is 4.08. The highest BCUT2D eigenvalue weighted by molar-refractivity contribution is 7.99. The quantitative estimate of drug-likeness (QED) is 0.387. The fraction of sp³-hybridized carbons (Fsp3) is 0.160. The van der Waals surface area contributed by atoms with Gasteiger partial charge in [-0.1, -0.05) is 66.4 Å². The Hall–Kier alpha value is -3.38. The van der Waals surface area contributed by atoms with Gasteiger partial charge in [-0.25, -0.2) is 0 Å². The fourth-order valence-electron chi connectivity index (χ4n) is 3.94. The van der Waals surface area contributed by atoms with E-state index < -0.39 is 0 Å². The Morgan fingerprint density at radius 1 is 1.00 bits per heavy atom. The van der Waals surface area contributed by atoms with Crippen LogP contribution in [0.5, 0.6) is 0 Å². The number of carbonyl (C=O) groups is 1. The van der Waals surface area contributed by atoms with Crippen molar-refractivity contribution in [1.29, 1.82) is 0 Å². The molecule has 5 rings (SSSR count).